The molecule has 2 atom stereocenters. The van der Waals surface area contributed by atoms with Crippen molar-refractivity contribution in [2.24, 2.45) is 0 Å². The molecule has 2 aromatic carbocycles. The molecule has 0 aromatic heterocycles. The van der Waals surface area contributed by atoms with E-state index in [-0.39, 0.29) is 17.8 Å². The van der Waals surface area contributed by atoms with Crippen LogP contribution < -0.4 is 4.74 Å². The molecule has 1 aliphatic rings. The summed E-state index contributed by atoms with van der Waals surface area (Å²) in [6.45, 7) is 0. The minimum atomic E-state index is -0.299. The number of aromatic hydroxyl groups is 1. The van der Waals surface area contributed by atoms with Crippen molar-refractivity contribution < 1.29 is 14.6 Å². The minimum Gasteiger partial charge on any atom is -0.508 e. The molecular weight excluding hydrogens is 276 g/mol. The average molecular weight is 289 g/mol. The average Bonchev–Trinajstić information content (AvgIpc) is 2.46. The molecule has 0 saturated carbocycles. The Bertz CT molecular complexity index is 654. The molecule has 102 valence electrons. The Morgan fingerprint density at radius 2 is 2.00 bits per heavy atom. The normalized spacial score (nSPS) is 20.9. The molecule has 0 aliphatic carbocycles. The van der Waals surface area contributed by atoms with Crippen LogP contribution in [0, 0.1) is 0 Å². The van der Waals surface area contributed by atoms with Gasteiger partial charge in [0.05, 0.1) is 0 Å². The maximum absolute atomic E-state index is 11.3. The number of halogens is 1. The number of ether oxygens (including phenoxy) is 1. The predicted octanol–water partition coefficient (Wildman–Crippen LogP) is 3.85. The zero-order chi connectivity index (χ0) is 14.1. The summed E-state index contributed by atoms with van der Waals surface area (Å²) < 4.78 is 5.93. The second kappa shape index (κ2) is 5.17. The van der Waals surface area contributed by atoms with E-state index >= 15 is 0 Å². The highest BCUT2D eigenvalue weighted by atomic mass is 35.5. The van der Waals surface area contributed by atoms with E-state index in [1.807, 2.05) is 24.3 Å². The predicted molar refractivity (Wildman–Crippen MR) is 76.3 cm³/mol. The lowest BCUT2D eigenvalue weighted by molar-refractivity contribution is -0.110. The summed E-state index contributed by atoms with van der Waals surface area (Å²) in [5.74, 6) is 0.457. The number of carbonyl (C=O) groups excluding carboxylic acids is 1. The molecule has 20 heavy (non-hydrogen) atoms. The molecule has 1 N–H and O–H groups in total. The second-order valence-corrected chi connectivity index (χ2v) is 5.24. The van der Waals surface area contributed by atoms with E-state index in [4.69, 9.17) is 16.3 Å². The molecular formula is C16H13ClO3. The van der Waals surface area contributed by atoms with Gasteiger partial charge in [0.15, 0.2) is 0 Å². The maximum Gasteiger partial charge on any atom is 0.127 e. The van der Waals surface area contributed by atoms with Gasteiger partial charge in [-0.3, -0.25) is 0 Å². The van der Waals surface area contributed by atoms with Crippen LogP contribution >= 0.6 is 11.6 Å². The van der Waals surface area contributed by atoms with Crippen LogP contribution in [-0.4, -0.2) is 11.4 Å². The molecule has 0 radical (unpaired) electrons. The molecule has 2 aromatic rings. The van der Waals surface area contributed by atoms with Crippen LogP contribution in [0.3, 0.4) is 0 Å². The highest BCUT2D eigenvalue weighted by Gasteiger charge is 2.30. The van der Waals surface area contributed by atoms with E-state index in [1.165, 1.54) is 0 Å². The van der Waals surface area contributed by atoms with Gasteiger partial charge in [0.2, 0.25) is 0 Å². The van der Waals surface area contributed by atoms with Gasteiger partial charge in [0.25, 0.3) is 0 Å². The Morgan fingerprint density at radius 1 is 1.20 bits per heavy atom. The number of aldehydes is 1. The highest BCUT2D eigenvalue weighted by molar-refractivity contribution is 6.31. The van der Waals surface area contributed by atoms with Crippen LogP contribution in [0.15, 0.2) is 42.5 Å². The lowest BCUT2D eigenvalue weighted by Crippen LogP contribution is -2.20. The summed E-state index contributed by atoms with van der Waals surface area (Å²) in [7, 11) is 0. The van der Waals surface area contributed by atoms with Gasteiger partial charge >= 0.3 is 0 Å². The Labute approximate surface area is 121 Å². The summed E-state index contributed by atoms with van der Waals surface area (Å²) in [4.78, 5) is 11.3. The number of hydrogen-bond donors (Lipinski definition) is 1. The SMILES string of the molecule is O=CC1CC(c2ccccc2Cl)Oc2ccc(O)cc21. The van der Waals surface area contributed by atoms with E-state index in [0.29, 0.717) is 17.2 Å². The topological polar surface area (TPSA) is 46.5 Å². The number of hydrogen-bond acceptors (Lipinski definition) is 3. The third kappa shape index (κ3) is 2.25. The van der Waals surface area contributed by atoms with E-state index in [0.717, 1.165) is 17.4 Å². The number of benzene rings is 2. The van der Waals surface area contributed by atoms with E-state index in [2.05, 4.69) is 0 Å². The first-order chi connectivity index (χ1) is 9.69. The molecule has 3 rings (SSSR count). The number of carbonyl (C=O) groups is 1. The molecule has 1 aliphatic heterocycles. The molecule has 0 bridgehead atoms. The molecule has 4 heteroatoms. The van der Waals surface area contributed by atoms with Crippen LogP contribution in [0.1, 0.15) is 29.6 Å². The number of phenols is 1. The zero-order valence-corrected chi connectivity index (χ0v) is 11.4. The van der Waals surface area contributed by atoms with Crippen molar-refractivity contribution in [3.63, 3.8) is 0 Å². The Hall–Kier alpha value is -2.00. The summed E-state index contributed by atoms with van der Waals surface area (Å²) in [6, 6.07) is 12.3. The van der Waals surface area contributed by atoms with Gasteiger partial charge in [-0.15, -0.1) is 0 Å². The summed E-state index contributed by atoms with van der Waals surface area (Å²) in [5.41, 5.74) is 1.60. The van der Waals surface area contributed by atoms with Crippen molar-refractivity contribution in [1.82, 2.24) is 0 Å². The van der Waals surface area contributed by atoms with Crippen molar-refractivity contribution in [2.75, 3.05) is 0 Å². The monoisotopic (exact) mass is 288 g/mol. The fourth-order valence-electron chi connectivity index (χ4n) is 2.55. The smallest absolute Gasteiger partial charge is 0.127 e. The van der Waals surface area contributed by atoms with Gasteiger partial charge in [-0.2, -0.15) is 0 Å². The fraction of sp³-hybridized carbons (Fsp3) is 0.188. The van der Waals surface area contributed by atoms with E-state index in [1.54, 1.807) is 18.2 Å². The fourth-order valence-corrected chi connectivity index (χ4v) is 2.80. The first-order valence-corrected chi connectivity index (χ1v) is 6.76. The van der Waals surface area contributed by atoms with Crippen molar-refractivity contribution in [1.29, 1.82) is 0 Å². The van der Waals surface area contributed by atoms with Gasteiger partial charge < -0.3 is 14.6 Å². The first kappa shape index (κ1) is 13.0. The van der Waals surface area contributed by atoms with Crippen LogP contribution in [0.2, 0.25) is 5.02 Å². The third-order valence-electron chi connectivity index (χ3n) is 3.55. The molecule has 2 unspecified atom stereocenters. The van der Waals surface area contributed by atoms with Crippen molar-refractivity contribution in [3.8, 4) is 11.5 Å². The van der Waals surface area contributed by atoms with Crippen molar-refractivity contribution in [3.05, 3.63) is 58.6 Å². The largest absolute Gasteiger partial charge is 0.508 e. The summed E-state index contributed by atoms with van der Waals surface area (Å²) >= 11 is 6.19. The highest BCUT2D eigenvalue weighted by Crippen LogP contribution is 2.43. The summed E-state index contributed by atoms with van der Waals surface area (Å²) in [5, 5.41) is 10.2. The quantitative estimate of drug-likeness (QED) is 0.854. The van der Waals surface area contributed by atoms with Crippen LogP contribution in [0.25, 0.3) is 0 Å². The molecule has 3 nitrogen and oxygen atoms in total. The van der Waals surface area contributed by atoms with Crippen LogP contribution in [0.5, 0.6) is 11.5 Å². The molecule has 1 heterocycles. The molecule has 0 saturated heterocycles. The Balaban J connectivity index is 2.01. The van der Waals surface area contributed by atoms with E-state index in [9.17, 15) is 9.90 Å². The Kier molecular flexibility index (Phi) is 3.36. The third-order valence-corrected chi connectivity index (χ3v) is 3.89. The number of rotatable bonds is 2. The maximum atomic E-state index is 11.3. The number of phenolic OH excluding ortho intramolecular Hbond substituents is 1. The van der Waals surface area contributed by atoms with Crippen molar-refractivity contribution in [2.45, 2.75) is 18.4 Å². The second-order valence-electron chi connectivity index (χ2n) is 4.83. The Morgan fingerprint density at radius 3 is 2.75 bits per heavy atom. The zero-order valence-electron chi connectivity index (χ0n) is 10.6. The lowest BCUT2D eigenvalue weighted by Gasteiger charge is -2.30. The van der Waals surface area contributed by atoms with Crippen LogP contribution in [-0.2, 0) is 4.79 Å². The lowest BCUT2D eigenvalue weighted by atomic mass is 9.88. The minimum absolute atomic E-state index is 0.135. The van der Waals surface area contributed by atoms with Gasteiger partial charge in [-0.25, -0.2) is 0 Å². The van der Waals surface area contributed by atoms with Gasteiger partial charge in [-0.05, 0) is 24.3 Å². The first-order valence-electron chi connectivity index (χ1n) is 6.38. The molecule has 0 amide bonds. The van der Waals surface area contributed by atoms with Gasteiger partial charge in [0, 0.05) is 28.5 Å². The van der Waals surface area contributed by atoms with Gasteiger partial charge in [-0.1, -0.05) is 29.8 Å². The van der Waals surface area contributed by atoms with Crippen LogP contribution in [0.4, 0.5) is 0 Å². The number of fused-ring (bicyclic) bond motifs is 1. The molecule has 0 fully saturated rings. The summed E-state index contributed by atoms with van der Waals surface area (Å²) in [6.07, 6.45) is 1.16. The van der Waals surface area contributed by atoms with E-state index < -0.39 is 0 Å². The molecule has 0 spiro atoms. The standard InChI is InChI=1S/C16H13ClO3/c17-14-4-2-1-3-12(14)16-7-10(9-18)13-8-11(19)5-6-15(13)20-16/h1-6,8-10,16,19H,7H2. The van der Waals surface area contributed by atoms with Crippen molar-refractivity contribution >= 4 is 17.9 Å². The van der Waals surface area contributed by atoms with Gasteiger partial charge in [0.1, 0.15) is 23.9 Å².